The minimum absolute atomic E-state index is 0.735. The summed E-state index contributed by atoms with van der Waals surface area (Å²) in [4.78, 5) is 0. The number of hydrogen-bond acceptors (Lipinski definition) is 2. The van der Waals surface area contributed by atoms with Crippen molar-refractivity contribution in [1.82, 2.24) is 0 Å². The van der Waals surface area contributed by atoms with Gasteiger partial charge in [0.25, 0.3) is 0 Å². The van der Waals surface area contributed by atoms with E-state index >= 15 is 0 Å². The second-order valence-corrected chi connectivity index (χ2v) is 5.34. The topological polar surface area (TPSA) is 9.23 Å². The van der Waals surface area contributed by atoms with Crippen LogP contribution in [0.25, 0.3) is 0 Å². The molecule has 1 nitrogen and oxygen atoms in total. The summed E-state index contributed by atoms with van der Waals surface area (Å²) < 4.78 is 6.84. The van der Waals surface area contributed by atoms with E-state index in [2.05, 4.69) is 45.7 Å². The van der Waals surface area contributed by atoms with Crippen LogP contribution < -0.4 is 4.74 Å². The predicted molar refractivity (Wildman–Crippen MR) is 72.4 cm³/mol. The fraction of sp³-hybridized carbons (Fsp3) is 0.231. The number of aryl methyl sites for hydroxylation is 1. The molecule has 1 heterocycles. The Kier molecular flexibility index (Phi) is 4.02. The summed E-state index contributed by atoms with van der Waals surface area (Å²) in [6.07, 6.45) is 0.971. The fourth-order valence-electron chi connectivity index (χ4n) is 1.49. The first-order chi connectivity index (χ1) is 7.75. The van der Waals surface area contributed by atoms with E-state index in [9.17, 15) is 0 Å². The standard InChI is InChI=1S/C13H13BrOS/c1-10-8-12(14)2-3-13(10)15-6-4-11-5-7-16-9-11/h2-3,5,7-9H,4,6H2,1H3. The van der Waals surface area contributed by atoms with Gasteiger partial charge in [0, 0.05) is 10.9 Å². The molecule has 0 fully saturated rings. The zero-order valence-electron chi connectivity index (χ0n) is 9.07. The van der Waals surface area contributed by atoms with Crippen LogP contribution in [0.4, 0.5) is 0 Å². The van der Waals surface area contributed by atoms with Gasteiger partial charge < -0.3 is 4.74 Å². The highest BCUT2D eigenvalue weighted by atomic mass is 79.9. The zero-order chi connectivity index (χ0) is 11.4. The van der Waals surface area contributed by atoms with Crippen LogP contribution in [0, 0.1) is 6.92 Å². The molecule has 1 aromatic carbocycles. The summed E-state index contributed by atoms with van der Waals surface area (Å²) in [5.74, 6) is 0.971. The average molecular weight is 297 g/mol. The van der Waals surface area contributed by atoms with Crippen LogP contribution in [0.2, 0.25) is 0 Å². The van der Waals surface area contributed by atoms with Crippen molar-refractivity contribution < 1.29 is 4.74 Å². The SMILES string of the molecule is Cc1cc(Br)ccc1OCCc1ccsc1. The molecule has 0 aliphatic heterocycles. The van der Waals surface area contributed by atoms with Gasteiger partial charge in [-0.25, -0.2) is 0 Å². The molecule has 0 N–H and O–H groups in total. The molecule has 16 heavy (non-hydrogen) atoms. The highest BCUT2D eigenvalue weighted by Gasteiger charge is 2.00. The van der Waals surface area contributed by atoms with Gasteiger partial charge in [0.2, 0.25) is 0 Å². The van der Waals surface area contributed by atoms with Crippen molar-refractivity contribution in [2.75, 3.05) is 6.61 Å². The minimum atomic E-state index is 0.735. The minimum Gasteiger partial charge on any atom is -0.493 e. The third-order valence-electron chi connectivity index (χ3n) is 2.37. The zero-order valence-corrected chi connectivity index (χ0v) is 11.5. The molecule has 1 aromatic heterocycles. The maximum Gasteiger partial charge on any atom is 0.122 e. The van der Waals surface area contributed by atoms with Crippen molar-refractivity contribution in [1.29, 1.82) is 0 Å². The Labute approximate surface area is 108 Å². The van der Waals surface area contributed by atoms with E-state index in [1.165, 1.54) is 11.1 Å². The van der Waals surface area contributed by atoms with Gasteiger partial charge in [-0.2, -0.15) is 11.3 Å². The van der Waals surface area contributed by atoms with Gasteiger partial charge in [-0.1, -0.05) is 15.9 Å². The van der Waals surface area contributed by atoms with Crippen molar-refractivity contribution in [2.24, 2.45) is 0 Å². The first-order valence-electron chi connectivity index (χ1n) is 5.16. The molecular weight excluding hydrogens is 284 g/mol. The molecule has 0 saturated heterocycles. The molecule has 0 radical (unpaired) electrons. The summed E-state index contributed by atoms with van der Waals surface area (Å²) in [7, 11) is 0. The lowest BCUT2D eigenvalue weighted by Gasteiger charge is -2.08. The average Bonchev–Trinajstić information content (AvgIpc) is 2.74. The third-order valence-corrected chi connectivity index (χ3v) is 3.59. The van der Waals surface area contributed by atoms with Crippen molar-refractivity contribution in [3.8, 4) is 5.75 Å². The van der Waals surface area contributed by atoms with Gasteiger partial charge in [-0.15, -0.1) is 0 Å². The van der Waals surface area contributed by atoms with E-state index in [-0.39, 0.29) is 0 Å². The number of halogens is 1. The summed E-state index contributed by atoms with van der Waals surface area (Å²) in [5.41, 5.74) is 2.51. The molecule has 2 rings (SSSR count). The van der Waals surface area contributed by atoms with Crippen LogP contribution in [0.5, 0.6) is 5.75 Å². The molecule has 0 bridgehead atoms. The molecule has 2 aromatic rings. The van der Waals surface area contributed by atoms with Gasteiger partial charge in [0.15, 0.2) is 0 Å². The summed E-state index contributed by atoms with van der Waals surface area (Å²) in [6.45, 7) is 2.80. The van der Waals surface area contributed by atoms with Gasteiger partial charge >= 0.3 is 0 Å². The van der Waals surface area contributed by atoms with Crippen molar-refractivity contribution in [3.63, 3.8) is 0 Å². The van der Waals surface area contributed by atoms with E-state index in [1.54, 1.807) is 11.3 Å². The first-order valence-corrected chi connectivity index (χ1v) is 6.89. The number of thiophene rings is 1. The maximum absolute atomic E-state index is 5.75. The molecular formula is C13H13BrOS. The van der Waals surface area contributed by atoms with Gasteiger partial charge in [-0.05, 0) is 53.1 Å². The largest absolute Gasteiger partial charge is 0.493 e. The van der Waals surface area contributed by atoms with Crippen LogP contribution in [0.3, 0.4) is 0 Å². The monoisotopic (exact) mass is 296 g/mol. The van der Waals surface area contributed by atoms with Crippen molar-refractivity contribution in [3.05, 3.63) is 50.6 Å². The molecule has 0 aliphatic carbocycles. The Morgan fingerprint density at radius 1 is 1.31 bits per heavy atom. The third kappa shape index (κ3) is 3.09. The van der Waals surface area contributed by atoms with E-state index in [4.69, 9.17) is 4.74 Å². The molecule has 0 saturated carbocycles. The number of ether oxygens (including phenoxy) is 1. The highest BCUT2D eigenvalue weighted by Crippen LogP contribution is 2.22. The van der Waals surface area contributed by atoms with Crippen molar-refractivity contribution >= 4 is 27.3 Å². The van der Waals surface area contributed by atoms with E-state index < -0.39 is 0 Å². The summed E-state index contributed by atoms with van der Waals surface area (Å²) >= 11 is 5.17. The van der Waals surface area contributed by atoms with E-state index in [0.717, 1.165) is 23.2 Å². The maximum atomic E-state index is 5.75. The molecule has 0 aliphatic rings. The Balaban J connectivity index is 1.90. The lowest BCUT2D eigenvalue weighted by atomic mass is 10.2. The Hall–Kier alpha value is -0.800. The van der Waals surface area contributed by atoms with Gasteiger partial charge in [-0.3, -0.25) is 0 Å². The molecule has 84 valence electrons. The lowest BCUT2D eigenvalue weighted by Crippen LogP contribution is -2.01. The fourth-order valence-corrected chi connectivity index (χ4v) is 2.67. The number of rotatable bonds is 4. The molecule has 0 atom stereocenters. The smallest absolute Gasteiger partial charge is 0.122 e. The molecule has 0 spiro atoms. The van der Waals surface area contributed by atoms with Crippen LogP contribution in [-0.2, 0) is 6.42 Å². The van der Waals surface area contributed by atoms with Crippen LogP contribution in [-0.4, -0.2) is 6.61 Å². The van der Waals surface area contributed by atoms with Gasteiger partial charge in [0.05, 0.1) is 6.61 Å². The Bertz CT molecular complexity index is 451. The Morgan fingerprint density at radius 3 is 2.88 bits per heavy atom. The van der Waals surface area contributed by atoms with Crippen LogP contribution >= 0.6 is 27.3 Å². The number of benzene rings is 1. The predicted octanol–water partition coefficient (Wildman–Crippen LogP) is 4.44. The Morgan fingerprint density at radius 2 is 2.19 bits per heavy atom. The number of hydrogen-bond donors (Lipinski definition) is 0. The first kappa shape index (κ1) is 11.7. The normalized spacial score (nSPS) is 10.4. The van der Waals surface area contributed by atoms with Crippen LogP contribution in [0.15, 0.2) is 39.5 Å². The molecule has 0 amide bonds. The molecule has 0 unspecified atom stereocenters. The van der Waals surface area contributed by atoms with E-state index in [0.29, 0.717) is 0 Å². The lowest BCUT2D eigenvalue weighted by molar-refractivity contribution is 0.320. The quantitative estimate of drug-likeness (QED) is 0.810. The van der Waals surface area contributed by atoms with E-state index in [1.807, 2.05) is 12.1 Å². The second-order valence-electron chi connectivity index (χ2n) is 3.64. The van der Waals surface area contributed by atoms with Gasteiger partial charge in [0.1, 0.15) is 5.75 Å². The summed E-state index contributed by atoms with van der Waals surface area (Å²) in [5, 5.41) is 4.26. The van der Waals surface area contributed by atoms with Crippen LogP contribution in [0.1, 0.15) is 11.1 Å². The highest BCUT2D eigenvalue weighted by molar-refractivity contribution is 9.10. The molecule has 3 heteroatoms. The second kappa shape index (κ2) is 5.51. The van der Waals surface area contributed by atoms with Crippen molar-refractivity contribution in [2.45, 2.75) is 13.3 Å². The summed E-state index contributed by atoms with van der Waals surface area (Å²) in [6, 6.07) is 8.22.